The number of benzene rings is 1. The van der Waals surface area contributed by atoms with E-state index in [4.69, 9.17) is 0 Å². The molecule has 0 aromatic heterocycles. The Morgan fingerprint density at radius 2 is 1.55 bits per heavy atom. The van der Waals surface area contributed by atoms with Gasteiger partial charge in [-0.25, -0.2) is 8.42 Å². The summed E-state index contributed by atoms with van der Waals surface area (Å²) in [5.41, 5.74) is 0.399. The number of piperazine rings is 1. The van der Waals surface area contributed by atoms with Gasteiger partial charge in [-0.05, 0) is 49.3 Å². The van der Waals surface area contributed by atoms with Crippen molar-refractivity contribution >= 4 is 21.8 Å². The van der Waals surface area contributed by atoms with Crippen LogP contribution in [0.5, 0.6) is 0 Å². The van der Waals surface area contributed by atoms with Crippen molar-refractivity contribution < 1.29 is 18.0 Å². The first-order valence-electron chi connectivity index (χ1n) is 12.1. The van der Waals surface area contributed by atoms with Crippen LogP contribution in [0, 0.1) is 11.8 Å². The molecule has 2 amide bonds. The minimum absolute atomic E-state index is 0.155. The van der Waals surface area contributed by atoms with E-state index < -0.39 is 10.0 Å². The van der Waals surface area contributed by atoms with Crippen molar-refractivity contribution in [3.05, 3.63) is 29.8 Å². The molecule has 4 rings (SSSR count). The molecule has 33 heavy (non-hydrogen) atoms. The molecule has 3 heterocycles. The highest BCUT2D eigenvalue weighted by Gasteiger charge is 2.30. The van der Waals surface area contributed by atoms with Gasteiger partial charge < -0.3 is 9.80 Å². The molecule has 3 saturated heterocycles. The van der Waals surface area contributed by atoms with Gasteiger partial charge in [-0.3, -0.25) is 14.5 Å². The standard InChI is InChI=1S/C24H36N4O4S/c1-19-14-20(2)17-27(16-19)23(29)18-25-10-12-26(13-11-25)24(30)21-6-5-7-22(15-21)33(31,32)28-8-3-4-9-28/h5-7,15,19-20H,3-4,8-14,16-18H2,1-2H3/t19-,20-/m1/s1. The number of likely N-dealkylation sites (tertiary alicyclic amines) is 1. The quantitative estimate of drug-likeness (QED) is 0.647. The van der Waals surface area contributed by atoms with Gasteiger partial charge in [0.25, 0.3) is 5.91 Å². The Balaban J connectivity index is 1.33. The van der Waals surface area contributed by atoms with Gasteiger partial charge in [-0.1, -0.05) is 19.9 Å². The maximum absolute atomic E-state index is 13.1. The van der Waals surface area contributed by atoms with Gasteiger partial charge >= 0.3 is 0 Å². The second kappa shape index (κ2) is 10.1. The molecular formula is C24H36N4O4S. The smallest absolute Gasteiger partial charge is 0.253 e. The predicted octanol–water partition coefficient (Wildman–Crippen LogP) is 1.73. The van der Waals surface area contributed by atoms with Crippen molar-refractivity contribution in [3.8, 4) is 0 Å². The summed E-state index contributed by atoms with van der Waals surface area (Å²) in [5.74, 6) is 1.10. The maximum atomic E-state index is 13.1. The van der Waals surface area contributed by atoms with E-state index in [9.17, 15) is 18.0 Å². The zero-order chi connectivity index (χ0) is 23.6. The predicted molar refractivity (Wildman–Crippen MR) is 126 cm³/mol. The van der Waals surface area contributed by atoms with Crippen LogP contribution in [0.3, 0.4) is 0 Å². The first kappa shape index (κ1) is 24.2. The Morgan fingerprint density at radius 3 is 2.18 bits per heavy atom. The first-order chi connectivity index (χ1) is 15.7. The normalized spacial score (nSPS) is 25.4. The van der Waals surface area contributed by atoms with Crippen LogP contribution in [0.2, 0.25) is 0 Å². The molecule has 0 saturated carbocycles. The molecule has 3 aliphatic heterocycles. The lowest BCUT2D eigenvalue weighted by Gasteiger charge is -2.38. The fraction of sp³-hybridized carbons (Fsp3) is 0.667. The molecule has 0 aliphatic carbocycles. The minimum atomic E-state index is -3.55. The van der Waals surface area contributed by atoms with Gasteiger partial charge in [0.1, 0.15) is 0 Å². The van der Waals surface area contributed by atoms with Crippen LogP contribution in [-0.2, 0) is 14.8 Å². The highest BCUT2D eigenvalue weighted by Crippen LogP contribution is 2.23. The second-order valence-corrected chi connectivity index (χ2v) is 11.9. The average molecular weight is 477 g/mol. The van der Waals surface area contributed by atoms with Crippen molar-refractivity contribution in [1.82, 2.24) is 19.0 Å². The molecule has 0 N–H and O–H groups in total. The lowest BCUT2D eigenvalue weighted by atomic mass is 9.92. The number of carbonyl (C=O) groups excluding carboxylic acids is 2. The van der Waals surface area contributed by atoms with E-state index in [1.165, 1.54) is 16.8 Å². The highest BCUT2D eigenvalue weighted by atomic mass is 32.2. The SMILES string of the molecule is C[C@@H]1C[C@@H](C)CN(C(=O)CN2CCN(C(=O)c3cccc(S(=O)(=O)N4CCCC4)c3)CC2)C1. The van der Waals surface area contributed by atoms with Gasteiger partial charge in [0.15, 0.2) is 0 Å². The van der Waals surface area contributed by atoms with Crippen molar-refractivity contribution in [2.24, 2.45) is 11.8 Å². The van der Waals surface area contributed by atoms with Gasteiger partial charge in [0.2, 0.25) is 15.9 Å². The summed E-state index contributed by atoms with van der Waals surface area (Å²) >= 11 is 0. The molecule has 8 nitrogen and oxygen atoms in total. The molecule has 2 atom stereocenters. The molecule has 0 unspecified atom stereocenters. The summed E-state index contributed by atoms with van der Waals surface area (Å²) in [6.45, 7) is 9.88. The third-order valence-electron chi connectivity index (χ3n) is 7.02. The van der Waals surface area contributed by atoms with Crippen LogP contribution < -0.4 is 0 Å². The third-order valence-corrected chi connectivity index (χ3v) is 8.92. The van der Waals surface area contributed by atoms with E-state index in [1.54, 1.807) is 23.1 Å². The highest BCUT2D eigenvalue weighted by molar-refractivity contribution is 7.89. The van der Waals surface area contributed by atoms with E-state index in [0.29, 0.717) is 63.2 Å². The Morgan fingerprint density at radius 1 is 0.909 bits per heavy atom. The number of hydrogen-bond acceptors (Lipinski definition) is 5. The number of amides is 2. The fourth-order valence-electron chi connectivity index (χ4n) is 5.32. The largest absolute Gasteiger partial charge is 0.341 e. The molecule has 0 radical (unpaired) electrons. The molecule has 3 fully saturated rings. The Bertz CT molecular complexity index is 958. The van der Waals surface area contributed by atoms with Crippen LogP contribution in [0.4, 0.5) is 0 Å². The Kier molecular flexibility index (Phi) is 7.40. The Hall–Kier alpha value is -1.97. The first-order valence-corrected chi connectivity index (χ1v) is 13.6. The number of nitrogens with zero attached hydrogens (tertiary/aromatic N) is 4. The topological polar surface area (TPSA) is 81.2 Å². The summed E-state index contributed by atoms with van der Waals surface area (Å²) in [6.07, 6.45) is 2.92. The van der Waals surface area contributed by atoms with Crippen molar-refractivity contribution in [1.29, 1.82) is 0 Å². The van der Waals surface area contributed by atoms with E-state index in [2.05, 4.69) is 18.7 Å². The zero-order valence-corrected chi connectivity index (χ0v) is 20.6. The molecule has 9 heteroatoms. The van der Waals surface area contributed by atoms with Crippen LogP contribution in [-0.4, -0.2) is 98.1 Å². The van der Waals surface area contributed by atoms with E-state index >= 15 is 0 Å². The van der Waals surface area contributed by atoms with Gasteiger partial charge in [-0.2, -0.15) is 4.31 Å². The van der Waals surface area contributed by atoms with Crippen molar-refractivity contribution in [2.75, 3.05) is 58.9 Å². The van der Waals surface area contributed by atoms with E-state index in [-0.39, 0.29) is 16.7 Å². The number of hydrogen-bond donors (Lipinski definition) is 0. The van der Waals surface area contributed by atoms with Crippen LogP contribution in [0.15, 0.2) is 29.2 Å². The number of sulfonamides is 1. The molecule has 3 aliphatic rings. The van der Waals surface area contributed by atoms with Crippen LogP contribution in [0.1, 0.15) is 43.5 Å². The Labute approximate surface area is 197 Å². The minimum Gasteiger partial charge on any atom is -0.341 e. The van der Waals surface area contributed by atoms with Crippen LogP contribution in [0.25, 0.3) is 0 Å². The fourth-order valence-corrected chi connectivity index (χ4v) is 6.88. The second-order valence-electron chi connectivity index (χ2n) is 9.95. The summed E-state index contributed by atoms with van der Waals surface area (Å²) in [5, 5.41) is 0. The summed E-state index contributed by atoms with van der Waals surface area (Å²) < 4.78 is 27.2. The number of rotatable bonds is 5. The zero-order valence-electron chi connectivity index (χ0n) is 19.8. The number of carbonyl (C=O) groups is 2. The maximum Gasteiger partial charge on any atom is 0.253 e. The van der Waals surface area contributed by atoms with Crippen molar-refractivity contribution in [3.63, 3.8) is 0 Å². The van der Waals surface area contributed by atoms with Gasteiger partial charge in [0, 0.05) is 57.9 Å². The van der Waals surface area contributed by atoms with Gasteiger partial charge in [-0.15, -0.1) is 0 Å². The lowest BCUT2D eigenvalue weighted by molar-refractivity contribution is -0.135. The summed E-state index contributed by atoms with van der Waals surface area (Å²) in [6, 6.07) is 6.40. The summed E-state index contributed by atoms with van der Waals surface area (Å²) in [4.78, 5) is 31.9. The third kappa shape index (κ3) is 5.58. The lowest BCUT2D eigenvalue weighted by Crippen LogP contribution is -2.53. The molecule has 0 bridgehead atoms. The molecule has 0 spiro atoms. The average Bonchev–Trinajstić information content (AvgIpc) is 3.34. The van der Waals surface area contributed by atoms with E-state index in [1.807, 2.05) is 4.90 Å². The van der Waals surface area contributed by atoms with E-state index in [0.717, 1.165) is 25.9 Å². The molecule has 1 aromatic carbocycles. The molecule has 1 aromatic rings. The van der Waals surface area contributed by atoms with Gasteiger partial charge in [0.05, 0.1) is 11.4 Å². The van der Waals surface area contributed by atoms with Crippen LogP contribution >= 0.6 is 0 Å². The number of piperidine rings is 1. The molecule has 182 valence electrons. The monoisotopic (exact) mass is 476 g/mol. The molecular weight excluding hydrogens is 440 g/mol. The van der Waals surface area contributed by atoms with Crippen molar-refractivity contribution in [2.45, 2.75) is 38.0 Å². The summed E-state index contributed by atoms with van der Waals surface area (Å²) in [7, 11) is -3.55.